The number of hydrogen-bond acceptors (Lipinski definition) is 4. The van der Waals surface area contributed by atoms with Crippen molar-refractivity contribution in [2.24, 2.45) is 0 Å². The Bertz CT molecular complexity index is 819. The second-order valence-electron chi connectivity index (χ2n) is 6.11. The number of imidazole rings is 1. The van der Waals surface area contributed by atoms with Crippen LogP contribution in [-0.4, -0.2) is 26.2 Å². The molecule has 0 atom stereocenters. The van der Waals surface area contributed by atoms with Crippen molar-refractivity contribution in [2.75, 3.05) is 6.54 Å². The highest BCUT2D eigenvalue weighted by atomic mass is 16.5. The van der Waals surface area contributed by atoms with E-state index in [2.05, 4.69) is 33.5 Å². The summed E-state index contributed by atoms with van der Waals surface area (Å²) in [7, 11) is 0. The van der Waals surface area contributed by atoms with Gasteiger partial charge in [-0.2, -0.15) is 0 Å². The van der Waals surface area contributed by atoms with E-state index >= 15 is 0 Å². The molecule has 1 aromatic carbocycles. The number of aromatic nitrogens is 3. The highest BCUT2D eigenvalue weighted by Gasteiger charge is 2.21. The van der Waals surface area contributed by atoms with Crippen molar-refractivity contribution in [2.45, 2.75) is 33.5 Å². The molecule has 118 valence electrons. The van der Waals surface area contributed by atoms with Crippen LogP contribution in [0.4, 0.5) is 0 Å². The molecule has 0 saturated carbocycles. The van der Waals surface area contributed by atoms with Crippen molar-refractivity contribution in [3.05, 3.63) is 59.4 Å². The van der Waals surface area contributed by atoms with Crippen LogP contribution in [0.3, 0.4) is 0 Å². The summed E-state index contributed by atoms with van der Waals surface area (Å²) in [5, 5.41) is 4.19. The molecule has 1 aliphatic rings. The maximum Gasteiger partial charge on any atom is 0.151 e. The Labute approximate surface area is 135 Å². The lowest BCUT2D eigenvalue weighted by Crippen LogP contribution is -2.33. The highest BCUT2D eigenvalue weighted by molar-refractivity contribution is 5.58. The maximum absolute atomic E-state index is 5.52. The molecular formula is C18H20N4O. The lowest BCUT2D eigenvalue weighted by molar-refractivity contribution is 0.186. The van der Waals surface area contributed by atoms with E-state index in [0.29, 0.717) is 0 Å². The van der Waals surface area contributed by atoms with Gasteiger partial charge in [-0.05, 0) is 13.8 Å². The van der Waals surface area contributed by atoms with Gasteiger partial charge in [0.2, 0.25) is 0 Å². The van der Waals surface area contributed by atoms with Gasteiger partial charge in [0.05, 0.1) is 18.8 Å². The van der Waals surface area contributed by atoms with Crippen LogP contribution in [0.15, 0.2) is 40.9 Å². The third kappa shape index (κ3) is 2.68. The number of hydrogen-bond donors (Lipinski definition) is 0. The summed E-state index contributed by atoms with van der Waals surface area (Å²) in [4.78, 5) is 7.03. The van der Waals surface area contributed by atoms with E-state index in [0.717, 1.165) is 54.7 Å². The van der Waals surface area contributed by atoms with E-state index in [1.54, 1.807) is 0 Å². The Hall–Kier alpha value is -2.40. The number of rotatable bonds is 3. The Kier molecular flexibility index (Phi) is 3.50. The largest absolute Gasteiger partial charge is 0.359 e. The van der Waals surface area contributed by atoms with Gasteiger partial charge in [0.1, 0.15) is 11.5 Å². The standard InChI is InChI=1S/C18H20N4O/c1-13-14(2)22-9-8-21(12-18(22)19-13)11-16-10-17(20-23-16)15-6-4-3-5-7-15/h3-7,10H,8-9,11-12H2,1-2H3. The number of fused-ring (bicyclic) bond motifs is 1. The van der Waals surface area contributed by atoms with Crippen LogP contribution >= 0.6 is 0 Å². The van der Waals surface area contributed by atoms with Gasteiger partial charge in [-0.15, -0.1) is 0 Å². The van der Waals surface area contributed by atoms with Crippen LogP contribution < -0.4 is 0 Å². The summed E-state index contributed by atoms with van der Waals surface area (Å²) >= 11 is 0. The van der Waals surface area contributed by atoms with Crippen molar-refractivity contribution >= 4 is 0 Å². The molecule has 0 spiro atoms. The zero-order valence-corrected chi connectivity index (χ0v) is 13.5. The first-order valence-electron chi connectivity index (χ1n) is 7.96. The second kappa shape index (κ2) is 5.66. The topological polar surface area (TPSA) is 47.1 Å². The van der Waals surface area contributed by atoms with Crippen molar-refractivity contribution in [3.8, 4) is 11.3 Å². The third-order valence-electron chi connectivity index (χ3n) is 4.55. The van der Waals surface area contributed by atoms with Crippen LogP contribution in [0.25, 0.3) is 11.3 Å². The minimum Gasteiger partial charge on any atom is -0.359 e. The predicted molar refractivity (Wildman–Crippen MR) is 87.8 cm³/mol. The molecule has 0 bridgehead atoms. The average Bonchev–Trinajstić information content (AvgIpc) is 3.14. The Balaban J connectivity index is 1.48. The minimum atomic E-state index is 0.769. The normalized spacial score (nSPS) is 14.9. The van der Waals surface area contributed by atoms with Gasteiger partial charge in [-0.25, -0.2) is 4.98 Å². The quantitative estimate of drug-likeness (QED) is 0.745. The predicted octanol–water partition coefficient (Wildman–Crippen LogP) is 3.17. The molecule has 3 heterocycles. The summed E-state index contributed by atoms with van der Waals surface area (Å²) in [6.45, 7) is 7.84. The lowest BCUT2D eigenvalue weighted by atomic mass is 10.1. The SMILES string of the molecule is Cc1nc2n(c1C)CCN(Cc1cc(-c3ccccc3)no1)C2. The van der Waals surface area contributed by atoms with Crippen LogP contribution in [0.1, 0.15) is 23.0 Å². The molecule has 0 unspecified atom stereocenters. The van der Waals surface area contributed by atoms with Gasteiger partial charge in [0, 0.05) is 30.4 Å². The molecule has 4 rings (SSSR count). The molecule has 2 aromatic heterocycles. The van der Waals surface area contributed by atoms with Crippen molar-refractivity contribution in [3.63, 3.8) is 0 Å². The molecule has 0 aliphatic carbocycles. The summed E-state index contributed by atoms with van der Waals surface area (Å²) in [6.07, 6.45) is 0. The first-order chi connectivity index (χ1) is 11.2. The molecule has 0 N–H and O–H groups in total. The van der Waals surface area contributed by atoms with E-state index in [1.165, 1.54) is 5.69 Å². The van der Waals surface area contributed by atoms with E-state index in [-0.39, 0.29) is 0 Å². The van der Waals surface area contributed by atoms with Crippen molar-refractivity contribution < 1.29 is 4.52 Å². The fraction of sp³-hybridized carbons (Fsp3) is 0.333. The Morgan fingerprint density at radius 3 is 2.78 bits per heavy atom. The summed E-state index contributed by atoms with van der Waals surface area (Å²) in [5.74, 6) is 2.05. The molecule has 5 heteroatoms. The van der Waals surface area contributed by atoms with Gasteiger partial charge in [-0.3, -0.25) is 4.90 Å². The first-order valence-corrected chi connectivity index (χ1v) is 7.96. The number of benzene rings is 1. The minimum absolute atomic E-state index is 0.769. The molecule has 23 heavy (non-hydrogen) atoms. The average molecular weight is 308 g/mol. The van der Waals surface area contributed by atoms with Gasteiger partial charge < -0.3 is 9.09 Å². The van der Waals surface area contributed by atoms with E-state index < -0.39 is 0 Å². The van der Waals surface area contributed by atoms with E-state index in [4.69, 9.17) is 4.52 Å². The molecule has 5 nitrogen and oxygen atoms in total. The lowest BCUT2D eigenvalue weighted by Gasteiger charge is -2.27. The molecule has 3 aromatic rings. The Morgan fingerprint density at radius 2 is 1.96 bits per heavy atom. The molecule has 0 amide bonds. The van der Waals surface area contributed by atoms with Crippen LogP contribution in [0.2, 0.25) is 0 Å². The molecule has 1 aliphatic heterocycles. The zero-order chi connectivity index (χ0) is 15.8. The summed E-state index contributed by atoms with van der Waals surface area (Å²) < 4.78 is 7.84. The smallest absolute Gasteiger partial charge is 0.151 e. The van der Waals surface area contributed by atoms with Crippen molar-refractivity contribution in [1.29, 1.82) is 0 Å². The monoisotopic (exact) mass is 308 g/mol. The van der Waals surface area contributed by atoms with E-state index in [9.17, 15) is 0 Å². The summed E-state index contributed by atoms with van der Waals surface area (Å²) in [5.41, 5.74) is 4.40. The highest BCUT2D eigenvalue weighted by Crippen LogP contribution is 2.22. The number of nitrogens with zero attached hydrogens (tertiary/aromatic N) is 4. The van der Waals surface area contributed by atoms with Gasteiger partial charge >= 0.3 is 0 Å². The Morgan fingerprint density at radius 1 is 1.13 bits per heavy atom. The molecule has 0 saturated heterocycles. The molecular weight excluding hydrogens is 288 g/mol. The van der Waals surface area contributed by atoms with Crippen LogP contribution in [0, 0.1) is 13.8 Å². The van der Waals surface area contributed by atoms with Crippen LogP contribution in [-0.2, 0) is 19.6 Å². The fourth-order valence-electron chi connectivity index (χ4n) is 3.15. The van der Waals surface area contributed by atoms with Gasteiger partial charge in [0.15, 0.2) is 5.76 Å². The van der Waals surface area contributed by atoms with Gasteiger partial charge in [0.25, 0.3) is 0 Å². The fourth-order valence-corrected chi connectivity index (χ4v) is 3.15. The molecule has 0 radical (unpaired) electrons. The third-order valence-corrected chi connectivity index (χ3v) is 4.55. The number of aryl methyl sites for hydroxylation is 1. The summed E-state index contributed by atoms with van der Waals surface area (Å²) in [6, 6.07) is 12.2. The second-order valence-corrected chi connectivity index (χ2v) is 6.11. The molecule has 0 fully saturated rings. The van der Waals surface area contributed by atoms with Gasteiger partial charge in [-0.1, -0.05) is 35.5 Å². The zero-order valence-electron chi connectivity index (χ0n) is 13.5. The van der Waals surface area contributed by atoms with E-state index in [1.807, 2.05) is 36.4 Å². The van der Waals surface area contributed by atoms with Crippen molar-refractivity contribution in [1.82, 2.24) is 19.6 Å². The first kappa shape index (κ1) is 14.2. The maximum atomic E-state index is 5.52. The van der Waals surface area contributed by atoms with Crippen LogP contribution in [0.5, 0.6) is 0 Å².